The van der Waals surface area contributed by atoms with Crippen LogP contribution < -0.4 is 4.74 Å². The van der Waals surface area contributed by atoms with Crippen LogP contribution in [0, 0.1) is 17.7 Å². The fraction of sp³-hybridized carbons (Fsp3) is 0.476. The minimum Gasteiger partial charge on any atom is -0.494 e. The number of pyridine rings is 1. The number of ether oxygens (including phenoxy) is 1. The van der Waals surface area contributed by atoms with Crippen LogP contribution in [0.4, 0.5) is 4.39 Å². The molecule has 0 N–H and O–H groups in total. The molecule has 1 aliphatic heterocycles. The van der Waals surface area contributed by atoms with E-state index in [4.69, 9.17) is 4.74 Å². The lowest BCUT2D eigenvalue weighted by Crippen LogP contribution is -2.29. The van der Waals surface area contributed by atoms with Crippen molar-refractivity contribution in [2.45, 2.75) is 32.7 Å². The molecule has 2 aromatic rings. The third-order valence-electron chi connectivity index (χ3n) is 5.03. The summed E-state index contributed by atoms with van der Waals surface area (Å²) in [5.41, 5.74) is 2.32. The quantitative estimate of drug-likeness (QED) is 0.773. The van der Waals surface area contributed by atoms with Gasteiger partial charge in [-0.1, -0.05) is 26.0 Å². The molecule has 0 amide bonds. The largest absolute Gasteiger partial charge is 0.494 e. The van der Waals surface area contributed by atoms with E-state index in [-0.39, 0.29) is 5.82 Å². The number of rotatable bonds is 6. The number of methoxy groups -OCH3 is 1. The van der Waals surface area contributed by atoms with Gasteiger partial charge in [0.25, 0.3) is 0 Å². The van der Waals surface area contributed by atoms with E-state index < -0.39 is 0 Å². The monoisotopic (exact) mass is 342 g/mol. The van der Waals surface area contributed by atoms with Crippen LogP contribution in [0.2, 0.25) is 0 Å². The zero-order chi connectivity index (χ0) is 17.8. The Hall–Kier alpha value is -1.94. The van der Waals surface area contributed by atoms with E-state index >= 15 is 0 Å². The Balaban J connectivity index is 1.65. The second-order valence-electron chi connectivity index (χ2n) is 7.38. The molecule has 3 atom stereocenters. The number of hydrogen-bond donors (Lipinski definition) is 0. The fourth-order valence-electron chi connectivity index (χ4n) is 3.96. The van der Waals surface area contributed by atoms with Crippen LogP contribution in [-0.2, 0) is 6.42 Å². The van der Waals surface area contributed by atoms with Crippen LogP contribution in [0.5, 0.6) is 5.75 Å². The third kappa shape index (κ3) is 4.37. The molecule has 1 saturated heterocycles. The van der Waals surface area contributed by atoms with E-state index in [1.54, 1.807) is 12.1 Å². The number of halogens is 1. The summed E-state index contributed by atoms with van der Waals surface area (Å²) >= 11 is 0. The first kappa shape index (κ1) is 17.9. The van der Waals surface area contributed by atoms with Crippen molar-refractivity contribution in [3.63, 3.8) is 0 Å². The van der Waals surface area contributed by atoms with Gasteiger partial charge in [0.05, 0.1) is 7.11 Å². The van der Waals surface area contributed by atoms with Gasteiger partial charge in [-0.15, -0.1) is 0 Å². The van der Waals surface area contributed by atoms with Crippen LogP contribution in [0.1, 0.15) is 37.4 Å². The third-order valence-corrected chi connectivity index (χ3v) is 5.03. The molecule has 0 radical (unpaired) electrons. The van der Waals surface area contributed by atoms with Gasteiger partial charge >= 0.3 is 0 Å². The highest BCUT2D eigenvalue weighted by Gasteiger charge is 2.31. The minimum absolute atomic E-state index is 0.282. The number of nitrogens with zero attached hydrogens (tertiary/aromatic N) is 2. The van der Waals surface area contributed by atoms with Crippen LogP contribution in [0.25, 0.3) is 0 Å². The van der Waals surface area contributed by atoms with Gasteiger partial charge in [-0.05, 0) is 54.0 Å². The lowest BCUT2D eigenvalue weighted by Gasteiger charge is -2.27. The Morgan fingerprint density at radius 3 is 2.88 bits per heavy atom. The Morgan fingerprint density at radius 1 is 1.36 bits per heavy atom. The van der Waals surface area contributed by atoms with Crippen molar-refractivity contribution in [2.75, 3.05) is 20.2 Å². The van der Waals surface area contributed by atoms with Crippen LogP contribution in [0.15, 0.2) is 42.7 Å². The summed E-state index contributed by atoms with van der Waals surface area (Å²) in [5.74, 6) is 1.17. The van der Waals surface area contributed by atoms with Gasteiger partial charge in [-0.3, -0.25) is 9.88 Å². The molecule has 134 valence electrons. The maximum Gasteiger partial charge on any atom is 0.165 e. The van der Waals surface area contributed by atoms with Gasteiger partial charge in [0, 0.05) is 31.5 Å². The maximum atomic E-state index is 13.9. The number of aromatic nitrogens is 1. The van der Waals surface area contributed by atoms with Crippen molar-refractivity contribution >= 4 is 0 Å². The Kier molecular flexibility index (Phi) is 5.69. The molecule has 0 aliphatic carbocycles. The Bertz CT molecular complexity index is 692. The highest BCUT2D eigenvalue weighted by atomic mass is 19.1. The fourth-order valence-corrected chi connectivity index (χ4v) is 3.96. The SMILES string of the molecule is COc1ccc(CC(C)CN2CC(C)CC2c2cccnc2)cc1F. The second-order valence-corrected chi connectivity index (χ2v) is 7.38. The van der Waals surface area contributed by atoms with Gasteiger partial charge in [0.1, 0.15) is 0 Å². The molecule has 0 spiro atoms. The van der Waals surface area contributed by atoms with Gasteiger partial charge in [0.15, 0.2) is 11.6 Å². The molecule has 3 nitrogen and oxygen atoms in total. The molecule has 3 rings (SSSR count). The molecule has 0 bridgehead atoms. The van der Waals surface area contributed by atoms with E-state index in [1.807, 2.05) is 24.5 Å². The average molecular weight is 342 g/mol. The molecule has 1 fully saturated rings. The zero-order valence-electron chi connectivity index (χ0n) is 15.3. The first-order valence-electron chi connectivity index (χ1n) is 9.03. The minimum atomic E-state index is -0.282. The summed E-state index contributed by atoms with van der Waals surface area (Å²) < 4.78 is 18.9. The van der Waals surface area contributed by atoms with Crippen LogP contribution in [0.3, 0.4) is 0 Å². The first-order chi connectivity index (χ1) is 12.1. The predicted octanol–water partition coefficient (Wildman–Crippen LogP) is 4.49. The molecular weight excluding hydrogens is 315 g/mol. The van der Waals surface area contributed by atoms with Crippen molar-refractivity contribution in [2.24, 2.45) is 11.8 Å². The van der Waals surface area contributed by atoms with Gasteiger partial charge in [-0.25, -0.2) is 4.39 Å². The topological polar surface area (TPSA) is 25.4 Å². The summed E-state index contributed by atoms with van der Waals surface area (Å²) in [7, 11) is 1.49. The van der Waals surface area contributed by atoms with Crippen molar-refractivity contribution in [1.82, 2.24) is 9.88 Å². The first-order valence-corrected chi connectivity index (χ1v) is 9.03. The lowest BCUT2D eigenvalue weighted by atomic mass is 9.99. The van der Waals surface area contributed by atoms with Crippen molar-refractivity contribution < 1.29 is 9.13 Å². The molecule has 1 aromatic carbocycles. The Morgan fingerprint density at radius 2 is 2.20 bits per heavy atom. The van der Waals surface area contributed by atoms with Crippen LogP contribution in [-0.4, -0.2) is 30.1 Å². The van der Waals surface area contributed by atoms with E-state index in [2.05, 4.69) is 29.8 Å². The lowest BCUT2D eigenvalue weighted by molar-refractivity contribution is 0.218. The molecule has 3 unspecified atom stereocenters. The molecule has 0 saturated carbocycles. The van der Waals surface area contributed by atoms with Gasteiger partial charge in [0.2, 0.25) is 0 Å². The smallest absolute Gasteiger partial charge is 0.165 e. The van der Waals surface area contributed by atoms with Crippen molar-refractivity contribution in [3.05, 3.63) is 59.7 Å². The summed E-state index contributed by atoms with van der Waals surface area (Å²) in [5, 5.41) is 0. The Labute approximate surface area is 149 Å². The van der Waals surface area contributed by atoms with E-state index in [9.17, 15) is 4.39 Å². The highest BCUT2D eigenvalue weighted by molar-refractivity contribution is 5.29. The summed E-state index contributed by atoms with van der Waals surface area (Å²) in [4.78, 5) is 6.84. The van der Waals surface area contributed by atoms with E-state index in [0.29, 0.717) is 23.6 Å². The van der Waals surface area contributed by atoms with Gasteiger partial charge in [-0.2, -0.15) is 0 Å². The number of likely N-dealkylation sites (tertiary alicyclic amines) is 1. The molecule has 25 heavy (non-hydrogen) atoms. The molecule has 4 heteroatoms. The molecule has 1 aliphatic rings. The number of hydrogen-bond acceptors (Lipinski definition) is 3. The summed E-state index contributed by atoms with van der Waals surface area (Å²) in [6.07, 6.45) is 5.85. The summed E-state index contributed by atoms with van der Waals surface area (Å²) in [6, 6.07) is 9.91. The highest BCUT2D eigenvalue weighted by Crippen LogP contribution is 2.35. The predicted molar refractivity (Wildman–Crippen MR) is 98.2 cm³/mol. The zero-order valence-corrected chi connectivity index (χ0v) is 15.3. The van der Waals surface area contributed by atoms with E-state index in [0.717, 1.165) is 25.1 Å². The maximum absolute atomic E-state index is 13.9. The van der Waals surface area contributed by atoms with Crippen LogP contribution >= 0.6 is 0 Å². The number of benzene rings is 1. The second kappa shape index (κ2) is 7.96. The average Bonchev–Trinajstić information content (AvgIpc) is 2.96. The molecular formula is C21H27FN2O. The standard InChI is InChI=1S/C21H27FN2O/c1-15(9-17-6-7-21(25-3)19(22)11-17)13-24-14-16(2)10-20(24)18-5-4-8-23-12-18/h4-8,11-12,15-16,20H,9-10,13-14H2,1-3H3. The van der Waals surface area contributed by atoms with Crippen molar-refractivity contribution in [3.8, 4) is 5.75 Å². The molecule has 2 heterocycles. The summed E-state index contributed by atoms with van der Waals surface area (Å²) in [6.45, 7) is 6.68. The van der Waals surface area contributed by atoms with Crippen molar-refractivity contribution in [1.29, 1.82) is 0 Å². The normalized spacial score (nSPS) is 22.1. The van der Waals surface area contributed by atoms with Gasteiger partial charge < -0.3 is 4.74 Å². The molecule has 1 aromatic heterocycles. The van der Waals surface area contributed by atoms with E-state index in [1.165, 1.54) is 19.1 Å².